The van der Waals surface area contributed by atoms with Crippen LogP contribution in [0.5, 0.6) is 5.75 Å². The minimum atomic E-state index is -0.179. The topological polar surface area (TPSA) is 56.2 Å². The third-order valence-electron chi connectivity index (χ3n) is 4.57. The second-order valence-electron chi connectivity index (χ2n) is 7.88. The van der Waals surface area contributed by atoms with E-state index in [0.717, 1.165) is 34.9 Å². The number of aryl methyl sites for hydroxylation is 1. The molecule has 0 unspecified atom stereocenters. The molecule has 5 heteroatoms. The lowest BCUT2D eigenvalue weighted by Gasteiger charge is -2.22. The van der Waals surface area contributed by atoms with Crippen molar-refractivity contribution < 1.29 is 9.53 Å². The van der Waals surface area contributed by atoms with Gasteiger partial charge in [0.05, 0.1) is 0 Å². The highest BCUT2D eigenvalue weighted by molar-refractivity contribution is 5.91. The van der Waals surface area contributed by atoms with Crippen LogP contribution in [0.15, 0.2) is 60.9 Å². The van der Waals surface area contributed by atoms with Crippen LogP contribution in [0.3, 0.4) is 0 Å². The summed E-state index contributed by atoms with van der Waals surface area (Å²) in [4.78, 5) is 16.5. The molecule has 0 spiro atoms. The van der Waals surface area contributed by atoms with E-state index in [9.17, 15) is 4.79 Å². The van der Waals surface area contributed by atoms with Gasteiger partial charge in [-0.3, -0.25) is 4.79 Å². The highest BCUT2D eigenvalue weighted by Crippen LogP contribution is 2.30. The van der Waals surface area contributed by atoms with Crippen molar-refractivity contribution in [3.63, 3.8) is 0 Å². The molecule has 28 heavy (non-hydrogen) atoms. The van der Waals surface area contributed by atoms with Gasteiger partial charge in [0.25, 0.3) is 5.91 Å². The first-order chi connectivity index (χ1) is 13.3. The number of aromatic nitrogens is 2. The Hall–Kier alpha value is -3.08. The minimum Gasteiger partial charge on any atom is -0.483 e. The number of ether oxygens (including phenoxy) is 1. The second kappa shape index (κ2) is 8.30. The van der Waals surface area contributed by atoms with Crippen LogP contribution in [0, 0.1) is 6.92 Å². The average molecular weight is 377 g/mol. The van der Waals surface area contributed by atoms with Gasteiger partial charge in [0.15, 0.2) is 6.61 Å². The third-order valence-corrected chi connectivity index (χ3v) is 4.57. The molecule has 0 saturated carbocycles. The highest BCUT2D eigenvalue weighted by atomic mass is 16.5. The van der Waals surface area contributed by atoms with Crippen molar-refractivity contribution in [1.29, 1.82) is 0 Å². The number of rotatable bonds is 6. The Balaban J connectivity index is 1.56. The van der Waals surface area contributed by atoms with Gasteiger partial charge in [-0.25, -0.2) is 4.98 Å². The van der Waals surface area contributed by atoms with Gasteiger partial charge in [-0.15, -0.1) is 0 Å². The van der Waals surface area contributed by atoms with E-state index in [1.54, 1.807) is 6.20 Å². The Kier molecular flexibility index (Phi) is 5.83. The first-order valence-corrected chi connectivity index (χ1v) is 9.42. The molecular weight excluding hydrogens is 350 g/mol. The smallest absolute Gasteiger partial charge is 0.262 e. The maximum atomic E-state index is 12.3. The number of hydrogen-bond donors (Lipinski definition) is 1. The molecule has 0 bridgehead atoms. The van der Waals surface area contributed by atoms with E-state index in [2.05, 4.69) is 35.6 Å². The first-order valence-electron chi connectivity index (χ1n) is 9.42. The molecule has 1 amide bonds. The molecule has 5 nitrogen and oxygen atoms in total. The number of benzene rings is 2. The second-order valence-corrected chi connectivity index (χ2v) is 7.88. The third kappa shape index (κ3) is 5.00. The van der Waals surface area contributed by atoms with Crippen molar-refractivity contribution in [3.05, 3.63) is 77.9 Å². The SMILES string of the molecule is Cc1nccn1Cc1ccc(NC(=O)COc2ccccc2C(C)(C)C)cc1. The van der Waals surface area contributed by atoms with Gasteiger partial charge in [0, 0.05) is 24.6 Å². The lowest BCUT2D eigenvalue weighted by molar-refractivity contribution is -0.118. The molecule has 3 rings (SSSR count). The normalized spacial score (nSPS) is 11.3. The average Bonchev–Trinajstić information content (AvgIpc) is 3.06. The van der Waals surface area contributed by atoms with Crippen LogP contribution in [-0.2, 0) is 16.8 Å². The van der Waals surface area contributed by atoms with E-state index >= 15 is 0 Å². The Bertz CT molecular complexity index is 937. The summed E-state index contributed by atoms with van der Waals surface area (Å²) < 4.78 is 7.86. The lowest BCUT2D eigenvalue weighted by Crippen LogP contribution is -2.22. The Morgan fingerprint density at radius 3 is 2.46 bits per heavy atom. The molecule has 0 atom stereocenters. The maximum absolute atomic E-state index is 12.3. The molecule has 1 aromatic heterocycles. The fourth-order valence-corrected chi connectivity index (χ4v) is 3.01. The zero-order valence-corrected chi connectivity index (χ0v) is 16.9. The number of imidazole rings is 1. The van der Waals surface area contributed by atoms with Gasteiger partial charge in [-0.1, -0.05) is 51.1 Å². The highest BCUT2D eigenvalue weighted by Gasteiger charge is 2.18. The zero-order chi connectivity index (χ0) is 20.1. The fourth-order valence-electron chi connectivity index (χ4n) is 3.01. The summed E-state index contributed by atoms with van der Waals surface area (Å²) in [5.41, 5.74) is 2.94. The largest absolute Gasteiger partial charge is 0.483 e. The Labute approximate surface area is 166 Å². The molecule has 1 N–H and O–H groups in total. The number of carbonyl (C=O) groups is 1. The van der Waals surface area contributed by atoms with Crippen molar-refractivity contribution in [2.75, 3.05) is 11.9 Å². The summed E-state index contributed by atoms with van der Waals surface area (Å²) >= 11 is 0. The lowest BCUT2D eigenvalue weighted by atomic mass is 9.86. The molecule has 1 heterocycles. The van der Waals surface area contributed by atoms with E-state index in [-0.39, 0.29) is 17.9 Å². The van der Waals surface area contributed by atoms with Gasteiger partial charge in [-0.2, -0.15) is 0 Å². The molecule has 0 saturated heterocycles. The number of amides is 1. The van der Waals surface area contributed by atoms with E-state index < -0.39 is 0 Å². The van der Waals surface area contributed by atoms with Crippen LogP contribution in [0.2, 0.25) is 0 Å². The summed E-state index contributed by atoms with van der Waals surface area (Å²) in [7, 11) is 0. The van der Waals surface area contributed by atoms with Crippen LogP contribution in [0.1, 0.15) is 37.7 Å². The predicted octanol–water partition coefficient (Wildman–Crippen LogP) is 4.55. The summed E-state index contributed by atoms with van der Waals surface area (Å²) in [5, 5.41) is 2.88. The molecular formula is C23H27N3O2. The number of nitrogens with zero attached hydrogens (tertiary/aromatic N) is 2. The van der Waals surface area contributed by atoms with Crippen molar-refractivity contribution in [3.8, 4) is 5.75 Å². The molecule has 0 fully saturated rings. The van der Waals surface area contributed by atoms with Gasteiger partial charge < -0.3 is 14.6 Å². The Morgan fingerprint density at radius 2 is 1.82 bits per heavy atom. The predicted molar refractivity (Wildman–Crippen MR) is 112 cm³/mol. The number of nitrogens with one attached hydrogen (secondary N) is 1. The van der Waals surface area contributed by atoms with Crippen LogP contribution in [0.4, 0.5) is 5.69 Å². The molecule has 146 valence electrons. The monoisotopic (exact) mass is 377 g/mol. The van der Waals surface area contributed by atoms with Crippen LogP contribution >= 0.6 is 0 Å². The van der Waals surface area contributed by atoms with Gasteiger partial charge in [-0.05, 0) is 41.7 Å². The molecule has 0 aliphatic rings. The summed E-state index contributed by atoms with van der Waals surface area (Å²) in [6.07, 6.45) is 3.75. The fraction of sp³-hybridized carbons (Fsp3) is 0.304. The first kappa shape index (κ1) is 19.7. The Morgan fingerprint density at radius 1 is 1.11 bits per heavy atom. The number of anilines is 1. The number of carbonyl (C=O) groups excluding carboxylic acids is 1. The summed E-state index contributed by atoms with van der Waals surface area (Å²) in [6.45, 7) is 9.09. The van der Waals surface area contributed by atoms with Crippen molar-refractivity contribution in [2.45, 2.75) is 39.7 Å². The van der Waals surface area contributed by atoms with E-state index in [1.807, 2.05) is 61.7 Å². The zero-order valence-electron chi connectivity index (χ0n) is 16.9. The quantitative estimate of drug-likeness (QED) is 0.685. The molecule has 0 radical (unpaired) electrons. The molecule has 0 aliphatic heterocycles. The van der Waals surface area contributed by atoms with Crippen molar-refractivity contribution in [1.82, 2.24) is 9.55 Å². The summed E-state index contributed by atoms with van der Waals surface area (Å²) in [5.74, 6) is 1.54. The van der Waals surface area contributed by atoms with E-state index in [0.29, 0.717) is 0 Å². The van der Waals surface area contributed by atoms with Crippen LogP contribution < -0.4 is 10.1 Å². The molecule has 2 aromatic carbocycles. The number of para-hydroxylation sites is 1. The van der Waals surface area contributed by atoms with Crippen LogP contribution in [0.25, 0.3) is 0 Å². The maximum Gasteiger partial charge on any atom is 0.262 e. The van der Waals surface area contributed by atoms with Gasteiger partial charge in [0.1, 0.15) is 11.6 Å². The van der Waals surface area contributed by atoms with Crippen molar-refractivity contribution in [2.24, 2.45) is 0 Å². The standard InChI is InChI=1S/C23H27N3O2/c1-17-24-13-14-26(17)15-18-9-11-19(12-10-18)25-22(27)16-28-21-8-6-5-7-20(21)23(2,3)4/h5-14H,15-16H2,1-4H3,(H,25,27). The van der Waals surface area contributed by atoms with E-state index in [4.69, 9.17) is 4.74 Å². The van der Waals surface area contributed by atoms with Gasteiger partial charge >= 0.3 is 0 Å². The van der Waals surface area contributed by atoms with Crippen molar-refractivity contribution >= 4 is 11.6 Å². The van der Waals surface area contributed by atoms with Crippen LogP contribution in [-0.4, -0.2) is 22.1 Å². The van der Waals surface area contributed by atoms with E-state index in [1.165, 1.54) is 0 Å². The number of hydrogen-bond acceptors (Lipinski definition) is 3. The minimum absolute atomic E-state index is 0.0247. The van der Waals surface area contributed by atoms with Gasteiger partial charge in [0.2, 0.25) is 0 Å². The molecule has 3 aromatic rings. The molecule has 0 aliphatic carbocycles. The summed E-state index contributed by atoms with van der Waals surface area (Å²) in [6, 6.07) is 15.7.